The van der Waals surface area contributed by atoms with Gasteiger partial charge in [-0.2, -0.15) is 0 Å². The average Bonchev–Trinajstić information content (AvgIpc) is 1.80. The highest BCUT2D eigenvalue weighted by Gasteiger charge is 2.20. The van der Waals surface area contributed by atoms with Crippen LogP contribution in [0.1, 0.15) is 12.8 Å². The van der Waals surface area contributed by atoms with Crippen molar-refractivity contribution >= 4 is 11.7 Å². The molecule has 1 fully saturated rings. The van der Waals surface area contributed by atoms with Crippen molar-refractivity contribution in [2.24, 2.45) is 5.84 Å². The second-order valence-corrected chi connectivity index (χ2v) is 2.05. The molecule has 0 spiro atoms. The zero-order chi connectivity index (χ0) is 6.85. The van der Waals surface area contributed by atoms with Crippen LogP contribution < -0.4 is 5.84 Å². The standard InChI is InChI=1S/C5H8N2O2/c6-7-2-1-4(8)3-5(7)9/h1-3,6H2. The first kappa shape index (κ1) is 6.22. The topological polar surface area (TPSA) is 63.4 Å². The molecule has 2 N–H and O–H groups in total. The smallest absolute Gasteiger partial charge is 0.243 e. The number of carbonyl (C=O) groups excluding carboxylic acids is 2. The van der Waals surface area contributed by atoms with Gasteiger partial charge in [-0.3, -0.25) is 14.6 Å². The second-order valence-electron chi connectivity index (χ2n) is 2.05. The molecule has 0 unspecified atom stereocenters. The Balaban J connectivity index is 2.54. The summed E-state index contributed by atoms with van der Waals surface area (Å²) in [6.07, 6.45) is 0.388. The molecule has 1 rings (SSSR count). The van der Waals surface area contributed by atoms with Crippen molar-refractivity contribution in [2.45, 2.75) is 12.8 Å². The van der Waals surface area contributed by atoms with Crippen molar-refractivity contribution in [3.8, 4) is 0 Å². The van der Waals surface area contributed by atoms with Gasteiger partial charge in [0, 0.05) is 13.0 Å². The van der Waals surface area contributed by atoms with Crippen molar-refractivity contribution in [1.29, 1.82) is 0 Å². The van der Waals surface area contributed by atoms with Gasteiger partial charge in [-0.1, -0.05) is 0 Å². The Bertz CT molecular complexity index is 155. The summed E-state index contributed by atoms with van der Waals surface area (Å²) in [7, 11) is 0. The molecule has 4 heteroatoms. The quantitative estimate of drug-likeness (QED) is 0.260. The molecule has 1 heterocycles. The summed E-state index contributed by atoms with van der Waals surface area (Å²) in [5.74, 6) is 4.89. The summed E-state index contributed by atoms with van der Waals surface area (Å²) in [4.78, 5) is 21.1. The van der Waals surface area contributed by atoms with Gasteiger partial charge >= 0.3 is 0 Å². The zero-order valence-corrected chi connectivity index (χ0v) is 4.96. The van der Waals surface area contributed by atoms with E-state index in [2.05, 4.69) is 0 Å². The van der Waals surface area contributed by atoms with Gasteiger partial charge in [-0.15, -0.1) is 0 Å². The van der Waals surface area contributed by atoms with Gasteiger partial charge in [0.2, 0.25) is 5.91 Å². The highest BCUT2D eigenvalue weighted by atomic mass is 16.2. The SMILES string of the molecule is NN1CCC(=O)CC1=O. The minimum Gasteiger partial charge on any atom is -0.299 e. The third-order valence-corrected chi connectivity index (χ3v) is 1.30. The van der Waals surface area contributed by atoms with E-state index >= 15 is 0 Å². The number of rotatable bonds is 0. The van der Waals surface area contributed by atoms with Gasteiger partial charge in [0.1, 0.15) is 5.78 Å². The monoisotopic (exact) mass is 128 g/mol. The average molecular weight is 128 g/mol. The summed E-state index contributed by atoms with van der Waals surface area (Å²) >= 11 is 0. The molecule has 1 aliphatic heterocycles. The lowest BCUT2D eigenvalue weighted by atomic mass is 10.1. The number of carbonyl (C=O) groups is 2. The van der Waals surface area contributed by atoms with E-state index in [9.17, 15) is 9.59 Å². The highest BCUT2D eigenvalue weighted by Crippen LogP contribution is 2.01. The Morgan fingerprint density at radius 3 is 2.56 bits per heavy atom. The number of nitrogens with zero attached hydrogens (tertiary/aromatic N) is 1. The fourth-order valence-corrected chi connectivity index (χ4v) is 0.728. The van der Waals surface area contributed by atoms with Crippen LogP contribution in [0.5, 0.6) is 0 Å². The van der Waals surface area contributed by atoms with Crippen LogP contribution in [0.4, 0.5) is 0 Å². The lowest BCUT2D eigenvalue weighted by molar-refractivity contribution is -0.139. The number of hydrazine groups is 1. The fraction of sp³-hybridized carbons (Fsp3) is 0.600. The first-order valence-corrected chi connectivity index (χ1v) is 2.77. The van der Waals surface area contributed by atoms with Crippen molar-refractivity contribution < 1.29 is 9.59 Å². The lowest BCUT2D eigenvalue weighted by Crippen LogP contribution is -2.43. The number of amides is 1. The number of piperidine rings is 1. The molecule has 0 aromatic carbocycles. The third kappa shape index (κ3) is 1.26. The minimum atomic E-state index is -0.272. The Morgan fingerprint density at radius 1 is 1.44 bits per heavy atom. The van der Waals surface area contributed by atoms with Crippen molar-refractivity contribution in [1.82, 2.24) is 5.01 Å². The van der Waals surface area contributed by atoms with Crippen LogP contribution in [0.25, 0.3) is 0 Å². The van der Waals surface area contributed by atoms with Crippen LogP contribution in [0.2, 0.25) is 0 Å². The van der Waals surface area contributed by atoms with E-state index in [1.807, 2.05) is 0 Å². The molecular formula is C5H8N2O2. The summed E-state index contributed by atoms with van der Waals surface area (Å²) in [6, 6.07) is 0. The van der Waals surface area contributed by atoms with Gasteiger partial charge < -0.3 is 0 Å². The Morgan fingerprint density at radius 2 is 2.11 bits per heavy atom. The second kappa shape index (κ2) is 2.14. The van der Waals surface area contributed by atoms with E-state index in [0.29, 0.717) is 13.0 Å². The molecule has 0 aromatic rings. The van der Waals surface area contributed by atoms with Gasteiger partial charge in [-0.05, 0) is 0 Å². The van der Waals surface area contributed by atoms with Crippen LogP contribution in [-0.2, 0) is 9.59 Å². The van der Waals surface area contributed by atoms with Gasteiger partial charge in [0.25, 0.3) is 0 Å². The summed E-state index contributed by atoms with van der Waals surface area (Å²) in [6.45, 7) is 0.373. The predicted molar refractivity (Wildman–Crippen MR) is 30.1 cm³/mol. The third-order valence-electron chi connectivity index (χ3n) is 1.30. The fourth-order valence-electron chi connectivity index (χ4n) is 0.728. The molecule has 4 nitrogen and oxygen atoms in total. The normalized spacial score (nSPS) is 20.8. The predicted octanol–water partition coefficient (Wildman–Crippen LogP) is -0.948. The van der Waals surface area contributed by atoms with E-state index in [0.717, 1.165) is 5.01 Å². The molecule has 0 atom stereocenters. The number of Topliss-reactive ketones (excluding diaryl/α,β-unsaturated/α-hetero) is 1. The van der Waals surface area contributed by atoms with E-state index in [1.54, 1.807) is 0 Å². The molecule has 0 bridgehead atoms. The van der Waals surface area contributed by atoms with E-state index in [4.69, 9.17) is 5.84 Å². The van der Waals surface area contributed by atoms with Crippen molar-refractivity contribution in [2.75, 3.05) is 6.54 Å². The highest BCUT2D eigenvalue weighted by molar-refractivity contribution is 5.99. The molecule has 0 radical (unpaired) electrons. The Kier molecular flexibility index (Phi) is 1.48. The summed E-state index contributed by atoms with van der Waals surface area (Å²) in [5.41, 5.74) is 0. The number of hydrogen-bond acceptors (Lipinski definition) is 3. The Labute approximate surface area is 52.6 Å². The summed E-state index contributed by atoms with van der Waals surface area (Å²) < 4.78 is 0. The van der Waals surface area contributed by atoms with Crippen LogP contribution in [-0.4, -0.2) is 23.2 Å². The molecule has 1 aliphatic rings. The molecule has 9 heavy (non-hydrogen) atoms. The van der Waals surface area contributed by atoms with Crippen molar-refractivity contribution in [3.63, 3.8) is 0 Å². The molecule has 0 aliphatic carbocycles. The maximum absolute atomic E-state index is 10.6. The van der Waals surface area contributed by atoms with Gasteiger partial charge in [-0.25, -0.2) is 5.84 Å². The minimum absolute atomic E-state index is 0.0123. The van der Waals surface area contributed by atoms with E-state index in [1.165, 1.54) is 0 Å². The van der Waals surface area contributed by atoms with Crippen LogP contribution in [0.3, 0.4) is 0 Å². The van der Waals surface area contributed by atoms with Crippen molar-refractivity contribution in [3.05, 3.63) is 0 Å². The molecule has 50 valence electrons. The molecule has 0 aromatic heterocycles. The first-order chi connectivity index (χ1) is 4.20. The van der Waals surface area contributed by atoms with Gasteiger partial charge in [0.05, 0.1) is 6.42 Å². The van der Waals surface area contributed by atoms with Crippen LogP contribution in [0.15, 0.2) is 0 Å². The molecule has 0 saturated carbocycles. The lowest BCUT2D eigenvalue weighted by Gasteiger charge is -2.19. The number of hydrogen-bond donors (Lipinski definition) is 1. The first-order valence-electron chi connectivity index (χ1n) is 2.77. The largest absolute Gasteiger partial charge is 0.299 e. The maximum Gasteiger partial charge on any atom is 0.243 e. The molecule has 1 amide bonds. The Hall–Kier alpha value is -0.900. The van der Waals surface area contributed by atoms with E-state index < -0.39 is 0 Å². The maximum atomic E-state index is 10.6. The van der Waals surface area contributed by atoms with Crippen LogP contribution in [0, 0.1) is 0 Å². The zero-order valence-electron chi connectivity index (χ0n) is 4.96. The van der Waals surface area contributed by atoms with Gasteiger partial charge in [0.15, 0.2) is 0 Å². The molecular weight excluding hydrogens is 120 g/mol. The summed E-state index contributed by atoms with van der Waals surface area (Å²) in [5, 5.41) is 1.08. The van der Waals surface area contributed by atoms with E-state index in [-0.39, 0.29) is 18.1 Å². The molecule has 1 saturated heterocycles. The van der Waals surface area contributed by atoms with Crippen LogP contribution >= 0.6 is 0 Å². The number of nitrogens with two attached hydrogens (primary N) is 1. The number of ketones is 1.